The molecular weight excluding hydrogens is 292 g/mol. The Morgan fingerprint density at radius 3 is 2.17 bits per heavy atom. The number of nitrogens with one attached hydrogen (secondary N) is 1. The number of carbonyl (C=O) groups excluding carboxylic acids is 1. The van der Waals surface area contributed by atoms with E-state index in [0.717, 1.165) is 32.1 Å². The molecule has 23 heavy (non-hydrogen) atoms. The number of hydrogen-bond acceptors (Lipinski definition) is 4. The lowest BCUT2D eigenvalue weighted by atomic mass is 9.64. The van der Waals surface area contributed by atoms with Gasteiger partial charge in [0.25, 0.3) is 0 Å². The number of amides is 1. The van der Waals surface area contributed by atoms with Crippen LogP contribution in [0.5, 0.6) is 0 Å². The first-order chi connectivity index (χ1) is 10.6. The fourth-order valence-electron chi connectivity index (χ4n) is 4.40. The highest BCUT2D eigenvalue weighted by Gasteiger charge is 2.50. The van der Waals surface area contributed by atoms with Gasteiger partial charge in [-0.15, -0.1) is 0 Å². The minimum absolute atomic E-state index is 0.0403. The molecule has 4 atom stereocenters. The molecule has 5 heteroatoms. The van der Waals surface area contributed by atoms with Gasteiger partial charge in [0, 0.05) is 29.6 Å². The Bertz CT molecular complexity index is 457. The molecule has 1 saturated carbocycles. The smallest absolute Gasteiger partial charge is 0.410 e. The molecule has 3 fully saturated rings. The number of nitrogens with zero attached hydrogens (tertiary/aromatic N) is 1. The lowest BCUT2D eigenvalue weighted by Gasteiger charge is -2.52. The zero-order chi connectivity index (χ0) is 17.0. The molecule has 2 heterocycles. The number of aliphatic hydroxyl groups is 1. The lowest BCUT2D eigenvalue weighted by molar-refractivity contribution is -0.0792. The first-order valence-corrected chi connectivity index (χ1v) is 9.03. The Labute approximate surface area is 139 Å². The number of ether oxygens (including phenoxy) is 1. The standard InChI is InChI=1S/C18H32N2O3/c1-17(2,3)23-16(22)20-12-6-7-13(20)9-11(8-12)19-14-10-15(21)18(14,4)5/h11-15,19,21H,6-10H2,1-5H3. The first kappa shape index (κ1) is 17.0. The van der Waals surface area contributed by atoms with Gasteiger partial charge in [-0.2, -0.15) is 0 Å². The van der Waals surface area contributed by atoms with Crippen molar-refractivity contribution in [2.24, 2.45) is 5.41 Å². The largest absolute Gasteiger partial charge is 0.444 e. The van der Waals surface area contributed by atoms with Crippen molar-refractivity contribution in [2.75, 3.05) is 0 Å². The number of piperidine rings is 1. The summed E-state index contributed by atoms with van der Waals surface area (Å²) in [6, 6.07) is 1.43. The van der Waals surface area contributed by atoms with Crippen molar-refractivity contribution < 1.29 is 14.6 Å². The maximum absolute atomic E-state index is 12.5. The fourth-order valence-corrected chi connectivity index (χ4v) is 4.40. The van der Waals surface area contributed by atoms with Gasteiger partial charge in [0.05, 0.1) is 6.10 Å². The summed E-state index contributed by atoms with van der Waals surface area (Å²) in [5, 5.41) is 13.7. The number of hydrogen-bond donors (Lipinski definition) is 2. The molecular formula is C18H32N2O3. The van der Waals surface area contributed by atoms with Crippen LogP contribution in [-0.4, -0.2) is 52.0 Å². The van der Waals surface area contributed by atoms with Crippen molar-refractivity contribution in [2.45, 2.75) is 103 Å². The van der Waals surface area contributed by atoms with E-state index in [2.05, 4.69) is 19.2 Å². The number of rotatable bonds is 2. The maximum atomic E-state index is 12.5. The molecule has 3 rings (SSSR count). The average molecular weight is 324 g/mol. The molecule has 5 nitrogen and oxygen atoms in total. The zero-order valence-electron chi connectivity index (χ0n) is 15.1. The van der Waals surface area contributed by atoms with Gasteiger partial charge in [-0.3, -0.25) is 0 Å². The molecule has 2 bridgehead atoms. The Morgan fingerprint density at radius 1 is 1.17 bits per heavy atom. The van der Waals surface area contributed by atoms with Crippen LogP contribution in [0.15, 0.2) is 0 Å². The van der Waals surface area contributed by atoms with Crippen LogP contribution in [0.4, 0.5) is 4.79 Å². The molecule has 132 valence electrons. The Kier molecular flexibility index (Phi) is 4.16. The van der Waals surface area contributed by atoms with E-state index in [9.17, 15) is 9.90 Å². The van der Waals surface area contributed by atoms with E-state index in [4.69, 9.17) is 4.74 Å². The minimum Gasteiger partial charge on any atom is -0.444 e. The van der Waals surface area contributed by atoms with Gasteiger partial charge in [0.1, 0.15) is 5.60 Å². The van der Waals surface area contributed by atoms with Crippen molar-refractivity contribution in [3.05, 3.63) is 0 Å². The van der Waals surface area contributed by atoms with Gasteiger partial charge in [-0.25, -0.2) is 4.79 Å². The van der Waals surface area contributed by atoms with E-state index >= 15 is 0 Å². The van der Waals surface area contributed by atoms with Gasteiger partial charge >= 0.3 is 6.09 Å². The molecule has 4 unspecified atom stereocenters. The molecule has 3 aliphatic rings. The predicted octanol–water partition coefficient (Wildman–Crippen LogP) is 2.67. The van der Waals surface area contributed by atoms with Crippen molar-refractivity contribution in [1.82, 2.24) is 10.2 Å². The van der Waals surface area contributed by atoms with Crippen molar-refractivity contribution in [1.29, 1.82) is 0 Å². The lowest BCUT2D eigenvalue weighted by Crippen LogP contribution is -2.64. The third-order valence-electron chi connectivity index (χ3n) is 5.99. The van der Waals surface area contributed by atoms with Gasteiger partial charge in [0.15, 0.2) is 0 Å². The van der Waals surface area contributed by atoms with Crippen LogP contribution in [0, 0.1) is 5.41 Å². The fraction of sp³-hybridized carbons (Fsp3) is 0.944. The Balaban J connectivity index is 1.58. The van der Waals surface area contributed by atoms with Crippen molar-refractivity contribution in [3.8, 4) is 0 Å². The molecule has 0 aromatic heterocycles. The third-order valence-corrected chi connectivity index (χ3v) is 5.99. The molecule has 0 aromatic carbocycles. The van der Waals surface area contributed by atoms with Gasteiger partial charge in [0.2, 0.25) is 0 Å². The van der Waals surface area contributed by atoms with Crippen LogP contribution in [-0.2, 0) is 4.74 Å². The number of fused-ring (bicyclic) bond motifs is 2. The third kappa shape index (κ3) is 3.22. The van der Waals surface area contributed by atoms with E-state index in [1.807, 2.05) is 25.7 Å². The van der Waals surface area contributed by atoms with Gasteiger partial charge in [-0.1, -0.05) is 13.8 Å². The quantitative estimate of drug-likeness (QED) is 0.820. The van der Waals surface area contributed by atoms with Crippen LogP contribution < -0.4 is 5.32 Å². The summed E-state index contributed by atoms with van der Waals surface area (Å²) in [6.45, 7) is 10.0. The number of carbonyl (C=O) groups is 1. The number of aliphatic hydroxyl groups excluding tert-OH is 1. The van der Waals surface area contributed by atoms with E-state index in [0.29, 0.717) is 24.2 Å². The van der Waals surface area contributed by atoms with Crippen molar-refractivity contribution in [3.63, 3.8) is 0 Å². The molecule has 2 aliphatic heterocycles. The molecule has 0 aromatic rings. The first-order valence-electron chi connectivity index (χ1n) is 9.03. The second-order valence-electron chi connectivity index (χ2n) is 9.23. The summed E-state index contributed by atoms with van der Waals surface area (Å²) in [5.41, 5.74) is -0.473. The second-order valence-corrected chi connectivity index (χ2v) is 9.23. The monoisotopic (exact) mass is 324 g/mol. The highest BCUT2D eigenvalue weighted by Crippen LogP contribution is 2.43. The highest BCUT2D eigenvalue weighted by atomic mass is 16.6. The van der Waals surface area contributed by atoms with E-state index in [1.165, 1.54) is 0 Å². The van der Waals surface area contributed by atoms with E-state index in [-0.39, 0.29) is 17.6 Å². The van der Waals surface area contributed by atoms with Crippen molar-refractivity contribution >= 4 is 6.09 Å². The Hall–Kier alpha value is -0.810. The van der Waals surface area contributed by atoms with Gasteiger partial charge < -0.3 is 20.1 Å². The molecule has 1 amide bonds. The summed E-state index contributed by atoms with van der Waals surface area (Å²) in [4.78, 5) is 14.5. The maximum Gasteiger partial charge on any atom is 0.410 e. The normalized spacial score (nSPS) is 39.0. The predicted molar refractivity (Wildman–Crippen MR) is 89.2 cm³/mol. The summed E-state index contributed by atoms with van der Waals surface area (Å²) in [5.74, 6) is 0. The topological polar surface area (TPSA) is 61.8 Å². The summed E-state index contributed by atoms with van der Waals surface area (Å²) >= 11 is 0. The molecule has 2 N–H and O–H groups in total. The van der Waals surface area contributed by atoms with E-state index < -0.39 is 5.60 Å². The van der Waals surface area contributed by atoms with Crippen LogP contribution in [0.2, 0.25) is 0 Å². The molecule has 1 aliphatic carbocycles. The molecule has 0 spiro atoms. The summed E-state index contributed by atoms with van der Waals surface area (Å²) in [6.07, 6.45) is 4.66. The van der Waals surface area contributed by atoms with Gasteiger partial charge in [-0.05, 0) is 52.9 Å². The zero-order valence-corrected chi connectivity index (χ0v) is 15.1. The summed E-state index contributed by atoms with van der Waals surface area (Å²) < 4.78 is 5.59. The Morgan fingerprint density at radius 2 is 1.74 bits per heavy atom. The minimum atomic E-state index is -0.433. The van der Waals surface area contributed by atoms with Crippen LogP contribution in [0.1, 0.15) is 66.7 Å². The highest BCUT2D eigenvalue weighted by molar-refractivity contribution is 5.69. The summed E-state index contributed by atoms with van der Waals surface area (Å²) in [7, 11) is 0. The van der Waals surface area contributed by atoms with Crippen LogP contribution in [0.3, 0.4) is 0 Å². The van der Waals surface area contributed by atoms with Crippen LogP contribution in [0.25, 0.3) is 0 Å². The van der Waals surface area contributed by atoms with E-state index in [1.54, 1.807) is 0 Å². The average Bonchev–Trinajstić information content (AvgIpc) is 2.68. The second kappa shape index (κ2) is 5.62. The molecule has 2 saturated heterocycles. The molecule has 0 radical (unpaired) electrons. The SMILES string of the molecule is CC(C)(C)OC(=O)N1C2CCC1CC(NC1CC(O)C1(C)C)C2. The van der Waals surface area contributed by atoms with Crippen LogP contribution >= 0.6 is 0 Å².